The number of halogens is 1. The first-order valence-electron chi connectivity index (χ1n) is 11.3. The molecule has 1 fully saturated rings. The third-order valence-corrected chi connectivity index (χ3v) is 6.23. The van der Waals surface area contributed by atoms with Crippen LogP contribution in [0.4, 0.5) is 11.4 Å². The second-order valence-corrected chi connectivity index (χ2v) is 8.73. The standard InChI is InChI=1S/C25H26ClN7O/c26-18-5-3-4-17(14-18)20-15-29-33-13-9-22(30-24(20)33)25(34)31-21-6-1-2-7-23(21)32-12-8-19(16-32)28-11-10-27/h1-7,9,13-15,19,28H,8,10-12,16,27H2,(H,31,34)/t19-/m0/s1. The van der Waals surface area contributed by atoms with Gasteiger partial charge in [-0.2, -0.15) is 5.10 Å². The summed E-state index contributed by atoms with van der Waals surface area (Å²) in [6, 6.07) is 17.4. The molecule has 0 aliphatic carbocycles. The van der Waals surface area contributed by atoms with Gasteiger partial charge in [-0.3, -0.25) is 4.79 Å². The Balaban J connectivity index is 1.38. The molecular weight excluding hydrogens is 450 g/mol. The molecule has 1 aliphatic heterocycles. The Morgan fingerprint density at radius 1 is 1.18 bits per heavy atom. The maximum atomic E-state index is 13.2. The normalized spacial score (nSPS) is 15.7. The molecule has 1 saturated heterocycles. The number of nitrogens with zero attached hydrogens (tertiary/aromatic N) is 4. The number of benzene rings is 2. The van der Waals surface area contributed by atoms with E-state index >= 15 is 0 Å². The molecule has 5 rings (SSSR count). The van der Waals surface area contributed by atoms with E-state index in [1.165, 1.54) is 0 Å². The zero-order chi connectivity index (χ0) is 23.5. The number of hydrogen-bond donors (Lipinski definition) is 3. The zero-order valence-electron chi connectivity index (χ0n) is 18.6. The third-order valence-electron chi connectivity index (χ3n) is 6.00. The van der Waals surface area contributed by atoms with Crippen molar-refractivity contribution >= 4 is 34.5 Å². The van der Waals surface area contributed by atoms with Crippen LogP contribution in [0.15, 0.2) is 67.0 Å². The van der Waals surface area contributed by atoms with Crippen LogP contribution in [0.3, 0.4) is 0 Å². The van der Waals surface area contributed by atoms with Gasteiger partial charge in [-0.1, -0.05) is 35.9 Å². The summed E-state index contributed by atoms with van der Waals surface area (Å²) in [4.78, 5) is 20.1. The van der Waals surface area contributed by atoms with Crippen LogP contribution in [0.5, 0.6) is 0 Å². The van der Waals surface area contributed by atoms with Crippen LogP contribution in [0.1, 0.15) is 16.9 Å². The van der Waals surface area contributed by atoms with Gasteiger partial charge in [0.15, 0.2) is 5.65 Å². The molecule has 0 bridgehead atoms. The predicted molar refractivity (Wildman–Crippen MR) is 136 cm³/mol. The van der Waals surface area contributed by atoms with Crippen molar-refractivity contribution < 1.29 is 4.79 Å². The lowest BCUT2D eigenvalue weighted by atomic mass is 10.1. The van der Waals surface area contributed by atoms with Gasteiger partial charge >= 0.3 is 0 Å². The molecule has 4 aromatic rings. The minimum atomic E-state index is -0.273. The van der Waals surface area contributed by atoms with Gasteiger partial charge in [-0.25, -0.2) is 9.50 Å². The monoisotopic (exact) mass is 475 g/mol. The molecule has 1 atom stereocenters. The lowest BCUT2D eigenvalue weighted by molar-refractivity contribution is 0.102. The number of nitrogens with one attached hydrogen (secondary N) is 2. The van der Waals surface area contributed by atoms with Gasteiger partial charge in [0.05, 0.1) is 17.6 Å². The third kappa shape index (κ3) is 4.61. The van der Waals surface area contributed by atoms with E-state index in [1.807, 2.05) is 48.5 Å². The predicted octanol–water partition coefficient (Wildman–Crippen LogP) is 3.43. The number of aromatic nitrogens is 3. The quantitative estimate of drug-likeness (QED) is 0.378. The molecular formula is C25H26ClN7O. The highest BCUT2D eigenvalue weighted by Crippen LogP contribution is 2.30. The summed E-state index contributed by atoms with van der Waals surface area (Å²) in [6.07, 6.45) is 4.51. The van der Waals surface area contributed by atoms with E-state index in [1.54, 1.807) is 23.0 Å². The summed E-state index contributed by atoms with van der Waals surface area (Å²) in [5, 5.41) is 11.5. The van der Waals surface area contributed by atoms with Crippen molar-refractivity contribution in [3.8, 4) is 11.1 Å². The van der Waals surface area contributed by atoms with Gasteiger partial charge in [0.25, 0.3) is 5.91 Å². The van der Waals surface area contributed by atoms with Crippen molar-refractivity contribution in [2.75, 3.05) is 36.4 Å². The van der Waals surface area contributed by atoms with Gasteiger partial charge in [0.1, 0.15) is 5.69 Å². The van der Waals surface area contributed by atoms with Gasteiger partial charge < -0.3 is 21.3 Å². The van der Waals surface area contributed by atoms with E-state index in [2.05, 4.69) is 25.6 Å². The van der Waals surface area contributed by atoms with E-state index < -0.39 is 0 Å². The lowest BCUT2D eigenvalue weighted by Gasteiger charge is -2.22. The number of rotatable bonds is 7. The van der Waals surface area contributed by atoms with E-state index in [0.717, 1.165) is 48.6 Å². The second-order valence-electron chi connectivity index (χ2n) is 8.30. The fourth-order valence-corrected chi connectivity index (χ4v) is 4.52. The highest BCUT2D eigenvalue weighted by atomic mass is 35.5. The van der Waals surface area contributed by atoms with E-state index in [-0.39, 0.29) is 5.91 Å². The Labute approximate surface area is 202 Å². The summed E-state index contributed by atoms with van der Waals surface area (Å²) in [5.74, 6) is -0.273. The minimum Gasteiger partial charge on any atom is -0.368 e. The van der Waals surface area contributed by atoms with Crippen molar-refractivity contribution in [2.24, 2.45) is 5.73 Å². The number of fused-ring (bicyclic) bond motifs is 1. The van der Waals surface area contributed by atoms with Gasteiger partial charge in [-0.05, 0) is 42.3 Å². The Morgan fingerprint density at radius 2 is 2.06 bits per heavy atom. The van der Waals surface area contributed by atoms with Crippen molar-refractivity contribution in [3.63, 3.8) is 0 Å². The number of carbonyl (C=O) groups is 1. The average molecular weight is 476 g/mol. The molecule has 174 valence electrons. The number of amides is 1. The lowest BCUT2D eigenvalue weighted by Crippen LogP contribution is -2.35. The first-order chi connectivity index (χ1) is 16.6. The Kier molecular flexibility index (Phi) is 6.44. The number of anilines is 2. The van der Waals surface area contributed by atoms with Crippen LogP contribution in [-0.4, -0.2) is 52.7 Å². The van der Waals surface area contributed by atoms with Gasteiger partial charge in [-0.15, -0.1) is 0 Å². The fourth-order valence-electron chi connectivity index (χ4n) is 4.33. The maximum absolute atomic E-state index is 13.2. The zero-order valence-corrected chi connectivity index (χ0v) is 19.4. The van der Waals surface area contributed by atoms with E-state index in [4.69, 9.17) is 17.3 Å². The summed E-state index contributed by atoms with van der Waals surface area (Å²) >= 11 is 6.16. The summed E-state index contributed by atoms with van der Waals surface area (Å²) in [5.41, 5.74) is 9.99. The maximum Gasteiger partial charge on any atom is 0.274 e. The second kappa shape index (κ2) is 9.80. The molecule has 2 aromatic carbocycles. The SMILES string of the molecule is NCCN[C@H]1CCN(c2ccccc2NC(=O)c2ccn3ncc(-c4cccc(Cl)c4)c3n2)C1. The van der Waals surface area contributed by atoms with Crippen LogP contribution >= 0.6 is 11.6 Å². The molecule has 1 aliphatic rings. The molecule has 0 unspecified atom stereocenters. The molecule has 8 nitrogen and oxygen atoms in total. The molecule has 3 heterocycles. The van der Waals surface area contributed by atoms with Crippen LogP contribution in [0.25, 0.3) is 16.8 Å². The largest absolute Gasteiger partial charge is 0.368 e. The fraction of sp³-hybridized carbons (Fsp3) is 0.240. The van der Waals surface area contributed by atoms with Crippen LogP contribution in [-0.2, 0) is 0 Å². The Bertz CT molecular complexity index is 1320. The highest BCUT2D eigenvalue weighted by Gasteiger charge is 2.24. The number of nitrogens with two attached hydrogens (primary N) is 1. The van der Waals surface area contributed by atoms with Crippen LogP contribution < -0.4 is 21.3 Å². The summed E-state index contributed by atoms with van der Waals surface area (Å²) < 4.78 is 1.65. The summed E-state index contributed by atoms with van der Waals surface area (Å²) in [6.45, 7) is 3.21. The van der Waals surface area contributed by atoms with Crippen molar-refractivity contribution in [2.45, 2.75) is 12.5 Å². The first kappa shape index (κ1) is 22.3. The molecule has 2 aromatic heterocycles. The molecule has 9 heteroatoms. The highest BCUT2D eigenvalue weighted by molar-refractivity contribution is 6.30. The number of carbonyl (C=O) groups excluding carboxylic acids is 1. The Hall–Kier alpha value is -3.46. The molecule has 34 heavy (non-hydrogen) atoms. The Morgan fingerprint density at radius 3 is 2.91 bits per heavy atom. The molecule has 1 amide bonds. The van der Waals surface area contributed by atoms with Crippen molar-refractivity contribution in [1.82, 2.24) is 19.9 Å². The van der Waals surface area contributed by atoms with E-state index in [9.17, 15) is 4.79 Å². The van der Waals surface area contributed by atoms with E-state index in [0.29, 0.717) is 29.0 Å². The van der Waals surface area contributed by atoms with Crippen LogP contribution in [0.2, 0.25) is 5.02 Å². The summed E-state index contributed by atoms with van der Waals surface area (Å²) in [7, 11) is 0. The molecule has 0 radical (unpaired) electrons. The van der Waals surface area contributed by atoms with Crippen LogP contribution in [0, 0.1) is 0 Å². The first-order valence-corrected chi connectivity index (χ1v) is 11.7. The minimum absolute atomic E-state index is 0.273. The topological polar surface area (TPSA) is 101 Å². The molecule has 0 spiro atoms. The van der Waals surface area contributed by atoms with Crippen molar-refractivity contribution in [3.05, 3.63) is 77.7 Å². The van der Waals surface area contributed by atoms with Crippen molar-refractivity contribution in [1.29, 1.82) is 0 Å². The number of hydrogen-bond acceptors (Lipinski definition) is 6. The van der Waals surface area contributed by atoms with Gasteiger partial charge in [0.2, 0.25) is 0 Å². The number of para-hydroxylation sites is 2. The smallest absolute Gasteiger partial charge is 0.274 e. The molecule has 4 N–H and O–H groups in total. The average Bonchev–Trinajstić information content (AvgIpc) is 3.50. The van der Waals surface area contributed by atoms with Gasteiger partial charge in [0, 0.05) is 49.0 Å². The molecule has 0 saturated carbocycles.